The van der Waals surface area contributed by atoms with Crippen molar-refractivity contribution in [3.63, 3.8) is 0 Å². The third kappa shape index (κ3) is 3.57. The van der Waals surface area contributed by atoms with E-state index in [2.05, 4.69) is 15.4 Å². The highest BCUT2D eigenvalue weighted by Crippen LogP contribution is 2.19. The lowest BCUT2D eigenvalue weighted by Gasteiger charge is -2.00. The zero-order chi connectivity index (χ0) is 12.1. The molecule has 0 aliphatic carbocycles. The number of carbonyl (C=O) groups excluding carboxylic acids is 1. The van der Waals surface area contributed by atoms with E-state index in [0.29, 0.717) is 6.42 Å². The Labute approximate surface area is 108 Å². The number of esters is 1. The van der Waals surface area contributed by atoms with Gasteiger partial charge in [0.1, 0.15) is 0 Å². The Kier molecular flexibility index (Phi) is 4.17. The topological polar surface area (TPSA) is 38.3 Å². The number of thiophene rings is 2. The van der Waals surface area contributed by atoms with Crippen LogP contribution in [-0.4, -0.2) is 13.1 Å². The van der Waals surface area contributed by atoms with E-state index in [1.54, 1.807) is 22.7 Å². The smallest absolute Gasteiger partial charge is 0.310 e. The van der Waals surface area contributed by atoms with Gasteiger partial charge in [0, 0.05) is 27.4 Å². The van der Waals surface area contributed by atoms with E-state index < -0.39 is 0 Å². The first kappa shape index (κ1) is 12.1. The van der Waals surface area contributed by atoms with Crippen LogP contribution in [0.3, 0.4) is 0 Å². The largest absolute Gasteiger partial charge is 0.469 e. The van der Waals surface area contributed by atoms with Crippen LogP contribution < -0.4 is 5.32 Å². The molecule has 17 heavy (non-hydrogen) atoms. The Hall–Kier alpha value is -1.33. The van der Waals surface area contributed by atoms with Crippen LogP contribution in [-0.2, 0) is 22.5 Å². The molecule has 0 unspecified atom stereocenters. The molecule has 2 rings (SSSR count). The lowest BCUT2D eigenvalue weighted by molar-refractivity contribution is -0.139. The summed E-state index contributed by atoms with van der Waals surface area (Å²) in [4.78, 5) is 13.4. The van der Waals surface area contributed by atoms with Crippen molar-refractivity contribution in [2.45, 2.75) is 13.0 Å². The summed E-state index contributed by atoms with van der Waals surface area (Å²) in [7, 11) is 1.41. The predicted molar refractivity (Wildman–Crippen MR) is 71.7 cm³/mol. The Morgan fingerprint density at radius 3 is 2.88 bits per heavy atom. The van der Waals surface area contributed by atoms with E-state index in [1.807, 2.05) is 23.6 Å². The van der Waals surface area contributed by atoms with Gasteiger partial charge in [-0.05, 0) is 23.6 Å². The molecule has 3 nitrogen and oxygen atoms in total. The quantitative estimate of drug-likeness (QED) is 0.846. The van der Waals surface area contributed by atoms with Crippen LogP contribution in [0.25, 0.3) is 0 Å². The first-order valence-electron chi connectivity index (χ1n) is 5.18. The molecule has 0 saturated carbocycles. The second-order valence-corrected chi connectivity index (χ2v) is 5.52. The molecule has 0 aliphatic rings. The number of methoxy groups -OCH3 is 1. The van der Waals surface area contributed by atoms with Crippen molar-refractivity contribution in [1.82, 2.24) is 0 Å². The second-order valence-electron chi connectivity index (χ2n) is 3.49. The van der Waals surface area contributed by atoms with Gasteiger partial charge in [-0.1, -0.05) is 0 Å². The fourth-order valence-electron chi connectivity index (χ4n) is 1.38. The highest BCUT2D eigenvalue weighted by molar-refractivity contribution is 7.12. The minimum atomic E-state index is -0.191. The normalized spacial score (nSPS) is 10.2. The van der Waals surface area contributed by atoms with Crippen LogP contribution in [0.4, 0.5) is 5.69 Å². The molecule has 0 atom stereocenters. The van der Waals surface area contributed by atoms with Crippen LogP contribution in [0.2, 0.25) is 0 Å². The molecule has 5 heteroatoms. The SMILES string of the molecule is COC(=O)Cc1ccc(CNc2ccsc2)s1. The lowest BCUT2D eigenvalue weighted by Crippen LogP contribution is -2.02. The van der Waals surface area contributed by atoms with Gasteiger partial charge in [0.25, 0.3) is 0 Å². The molecule has 0 spiro atoms. The summed E-state index contributed by atoms with van der Waals surface area (Å²) in [5, 5.41) is 7.44. The third-order valence-electron chi connectivity index (χ3n) is 2.25. The molecule has 0 aromatic carbocycles. The second kappa shape index (κ2) is 5.84. The summed E-state index contributed by atoms with van der Waals surface area (Å²) in [5.41, 5.74) is 1.14. The summed E-state index contributed by atoms with van der Waals surface area (Å²) in [6, 6.07) is 6.07. The number of hydrogen-bond donors (Lipinski definition) is 1. The molecule has 0 radical (unpaired) electrons. The van der Waals surface area contributed by atoms with Gasteiger partial charge in [-0.15, -0.1) is 11.3 Å². The molecule has 2 aromatic heterocycles. The van der Waals surface area contributed by atoms with Gasteiger partial charge < -0.3 is 10.1 Å². The van der Waals surface area contributed by atoms with Crippen LogP contribution in [0.5, 0.6) is 0 Å². The summed E-state index contributed by atoms with van der Waals surface area (Å²) in [6.45, 7) is 0.794. The van der Waals surface area contributed by atoms with Crippen molar-refractivity contribution >= 4 is 34.3 Å². The van der Waals surface area contributed by atoms with E-state index in [1.165, 1.54) is 12.0 Å². The lowest BCUT2D eigenvalue weighted by atomic mass is 10.3. The molecule has 0 aliphatic heterocycles. The van der Waals surface area contributed by atoms with Crippen molar-refractivity contribution in [2.75, 3.05) is 12.4 Å². The van der Waals surface area contributed by atoms with Crippen LogP contribution >= 0.6 is 22.7 Å². The third-order valence-corrected chi connectivity index (χ3v) is 4.02. The molecule has 0 fully saturated rings. The van der Waals surface area contributed by atoms with E-state index in [-0.39, 0.29) is 5.97 Å². The molecule has 0 bridgehead atoms. The number of hydrogen-bond acceptors (Lipinski definition) is 5. The molecule has 0 saturated heterocycles. The van der Waals surface area contributed by atoms with E-state index in [0.717, 1.165) is 17.1 Å². The predicted octanol–water partition coefficient (Wildman–Crippen LogP) is 3.14. The minimum absolute atomic E-state index is 0.191. The van der Waals surface area contributed by atoms with Crippen molar-refractivity contribution < 1.29 is 9.53 Å². The van der Waals surface area contributed by atoms with Crippen molar-refractivity contribution in [1.29, 1.82) is 0 Å². The summed E-state index contributed by atoms with van der Waals surface area (Å²) < 4.78 is 4.64. The van der Waals surface area contributed by atoms with E-state index >= 15 is 0 Å². The summed E-state index contributed by atoms with van der Waals surface area (Å²) in [6.07, 6.45) is 0.361. The van der Waals surface area contributed by atoms with Crippen LogP contribution in [0, 0.1) is 0 Å². The minimum Gasteiger partial charge on any atom is -0.469 e. The number of ether oxygens (including phenoxy) is 1. The Morgan fingerprint density at radius 1 is 1.35 bits per heavy atom. The average Bonchev–Trinajstić information content (AvgIpc) is 2.97. The number of carbonyl (C=O) groups is 1. The fraction of sp³-hybridized carbons (Fsp3) is 0.250. The first-order valence-corrected chi connectivity index (χ1v) is 6.94. The maximum atomic E-state index is 11.1. The molecular weight excluding hydrogens is 254 g/mol. The van der Waals surface area contributed by atoms with Crippen LogP contribution in [0.1, 0.15) is 9.75 Å². The maximum absolute atomic E-state index is 11.1. The van der Waals surface area contributed by atoms with E-state index in [4.69, 9.17) is 0 Å². The van der Waals surface area contributed by atoms with Gasteiger partial charge in [0.2, 0.25) is 0 Å². The average molecular weight is 267 g/mol. The van der Waals surface area contributed by atoms with Gasteiger partial charge in [-0.25, -0.2) is 0 Å². The Balaban J connectivity index is 1.88. The van der Waals surface area contributed by atoms with Gasteiger partial charge in [0.05, 0.1) is 13.5 Å². The van der Waals surface area contributed by atoms with Crippen molar-refractivity contribution in [2.24, 2.45) is 0 Å². The molecule has 2 aromatic rings. The maximum Gasteiger partial charge on any atom is 0.310 e. The van der Waals surface area contributed by atoms with Crippen LogP contribution in [0.15, 0.2) is 29.0 Å². The number of rotatable bonds is 5. The summed E-state index contributed by atoms with van der Waals surface area (Å²) >= 11 is 3.31. The standard InChI is InChI=1S/C12H13NO2S2/c1-15-12(14)6-10-2-3-11(17-10)7-13-9-4-5-16-8-9/h2-5,8,13H,6-7H2,1H3. The monoisotopic (exact) mass is 267 g/mol. The zero-order valence-electron chi connectivity index (χ0n) is 9.43. The Bertz CT molecular complexity index is 476. The fourth-order valence-corrected chi connectivity index (χ4v) is 2.94. The first-order chi connectivity index (χ1) is 8.28. The number of nitrogens with one attached hydrogen (secondary N) is 1. The molecular formula is C12H13NO2S2. The van der Waals surface area contributed by atoms with Crippen molar-refractivity contribution in [3.8, 4) is 0 Å². The highest BCUT2D eigenvalue weighted by atomic mass is 32.1. The van der Waals surface area contributed by atoms with Crippen molar-refractivity contribution in [3.05, 3.63) is 38.7 Å². The zero-order valence-corrected chi connectivity index (χ0v) is 11.1. The van der Waals surface area contributed by atoms with Gasteiger partial charge in [-0.2, -0.15) is 11.3 Å². The molecule has 2 heterocycles. The highest BCUT2D eigenvalue weighted by Gasteiger charge is 2.06. The summed E-state index contributed by atoms with van der Waals surface area (Å²) in [5.74, 6) is -0.191. The molecule has 1 N–H and O–H groups in total. The van der Waals surface area contributed by atoms with E-state index in [9.17, 15) is 4.79 Å². The molecule has 0 amide bonds. The van der Waals surface area contributed by atoms with Gasteiger partial charge >= 0.3 is 5.97 Å². The Morgan fingerprint density at radius 2 is 2.18 bits per heavy atom. The molecule has 90 valence electrons. The van der Waals surface area contributed by atoms with Gasteiger partial charge in [-0.3, -0.25) is 4.79 Å². The number of anilines is 1. The van der Waals surface area contributed by atoms with Gasteiger partial charge in [0.15, 0.2) is 0 Å².